The molecule has 0 aliphatic heterocycles. The van der Waals surface area contributed by atoms with Gasteiger partial charge in [0.15, 0.2) is 0 Å². The number of hydrogen-bond donors (Lipinski definition) is 0. The largest absolute Gasteiger partial charge is 0.126 e. The Morgan fingerprint density at radius 3 is 2.45 bits per heavy atom. The molecular weight excluding hydrogens is 132 g/mol. The Labute approximate surface area is 70.0 Å². The van der Waals surface area contributed by atoms with E-state index in [1.54, 1.807) is 0 Å². The summed E-state index contributed by atoms with van der Waals surface area (Å²) in [5.74, 6) is 0.847. The summed E-state index contributed by atoms with van der Waals surface area (Å²) in [6, 6.07) is 0. The van der Waals surface area contributed by atoms with Crippen LogP contribution in [0.3, 0.4) is 0 Å². The van der Waals surface area contributed by atoms with E-state index in [1.165, 1.54) is 37.7 Å². The maximum Gasteiger partial charge on any atom is -0.0130 e. The van der Waals surface area contributed by atoms with E-state index in [4.69, 9.17) is 0 Å². The van der Waals surface area contributed by atoms with Gasteiger partial charge < -0.3 is 0 Å². The highest BCUT2D eigenvalue weighted by molar-refractivity contribution is 5.03. The summed E-state index contributed by atoms with van der Waals surface area (Å²) in [6.07, 6.45) is 9.11. The van der Waals surface area contributed by atoms with E-state index in [-0.39, 0.29) is 0 Å². The molecule has 1 aliphatic carbocycles. The summed E-state index contributed by atoms with van der Waals surface area (Å²) in [5.41, 5.74) is 4.77. The second-order valence-corrected chi connectivity index (χ2v) is 3.45. The first kappa shape index (κ1) is 8.62. The van der Waals surface area contributed by atoms with Gasteiger partial charge in [0.05, 0.1) is 0 Å². The lowest BCUT2D eigenvalue weighted by Crippen LogP contribution is -2.06. The fraction of sp³-hybridized carbons (Fsp3) is 0.727. The minimum absolute atomic E-state index is 0.847. The lowest BCUT2D eigenvalue weighted by Gasteiger charge is -2.20. The van der Waals surface area contributed by atoms with Gasteiger partial charge in [0, 0.05) is 0 Å². The Bertz CT molecular complexity index is 164. The van der Waals surface area contributed by atoms with Crippen LogP contribution in [0.15, 0.2) is 17.4 Å². The number of allylic oxidation sites excluding steroid dienone is 1. The van der Waals surface area contributed by atoms with Gasteiger partial charge in [-0.15, -0.1) is 5.73 Å². The zero-order valence-corrected chi connectivity index (χ0v) is 7.69. The van der Waals surface area contributed by atoms with E-state index in [0.29, 0.717) is 0 Å². The second kappa shape index (κ2) is 4.41. The number of hydrogen-bond acceptors (Lipinski definition) is 0. The third kappa shape index (κ3) is 2.55. The van der Waals surface area contributed by atoms with Crippen molar-refractivity contribution in [3.63, 3.8) is 0 Å². The average molecular weight is 150 g/mol. The third-order valence-corrected chi connectivity index (χ3v) is 2.59. The maximum absolute atomic E-state index is 3.31. The molecule has 1 fully saturated rings. The van der Waals surface area contributed by atoms with Crippen molar-refractivity contribution in [1.82, 2.24) is 0 Å². The van der Waals surface area contributed by atoms with E-state index in [0.717, 1.165) is 5.92 Å². The zero-order valence-electron chi connectivity index (χ0n) is 7.69. The third-order valence-electron chi connectivity index (χ3n) is 2.59. The molecule has 0 aromatic carbocycles. The topological polar surface area (TPSA) is 0 Å². The van der Waals surface area contributed by atoms with Crippen molar-refractivity contribution >= 4 is 0 Å². The van der Waals surface area contributed by atoms with Gasteiger partial charge in [-0.2, -0.15) is 0 Å². The van der Waals surface area contributed by atoms with Crippen LogP contribution in [0.2, 0.25) is 0 Å². The van der Waals surface area contributed by atoms with Crippen molar-refractivity contribution in [1.29, 1.82) is 0 Å². The van der Waals surface area contributed by atoms with Crippen molar-refractivity contribution in [3.8, 4) is 0 Å². The summed E-state index contributed by atoms with van der Waals surface area (Å²) in [7, 11) is 0. The SMILES string of the molecule is CC=C=C(C)C1CCCCC1. The molecule has 0 saturated heterocycles. The molecule has 1 aliphatic rings. The van der Waals surface area contributed by atoms with E-state index >= 15 is 0 Å². The summed E-state index contributed by atoms with van der Waals surface area (Å²) < 4.78 is 0. The molecule has 11 heavy (non-hydrogen) atoms. The summed E-state index contributed by atoms with van der Waals surface area (Å²) in [5, 5.41) is 0. The van der Waals surface area contributed by atoms with Crippen molar-refractivity contribution in [2.24, 2.45) is 5.92 Å². The standard InChI is InChI=1S/C11H18/c1-3-7-10(2)11-8-5-4-6-9-11/h3,11H,4-6,8-9H2,1-2H3. The first-order valence-corrected chi connectivity index (χ1v) is 4.72. The van der Waals surface area contributed by atoms with Crippen LogP contribution < -0.4 is 0 Å². The minimum atomic E-state index is 0.847. The molecule has 1 rings (SSSR count). The quantitative estimate of drug-likeness (QED) is 0.500. The van der Waals surface area contributed by atoms with Gasteiger partial charge >= 0.3 is 0 Å². The van der Waals surface area contributed by atoms with Crippen LogP contribution >= 0.6 is 0 Å². The Hall–Kier alpha value is -0.480. The highest BCUT2D eigenvalue weighted by Gasteiger charge is 2.13. The molecule has 0 radical (unpaired) electrons. The molecule has 0 bridgehead atoms. The molecule has 0 nitrogen and oxygen atoms in total. The van der Waals surface area contributed by atoms with Crippen LogP contribution in [0.5, 0.6) is 0 Å². The molecule has 0 unspecified atom stereocenters. The minimum Gasteiger partial charge on any atom is -0.126 e. The van der Waals surface area contributed by atoms with Crippen LogP contribution in [0.1, 0.15) is 46.0 Å². The summed E-state index contributed by atoms with van der Waals surface area (Å²) >= 11 is 0. The highest BCUT2D eigenvalue weighted by atomic mass is 14.2. The normalized spacial score (nSPS) is 19.1. The Kier molecular flexibility index (Phi) is 3.45. The molecule has 0 N–H and O–H groups in total. The predicted octanol–water partition coefficient (Wildman–Crippen LogP) is 3.69. The van der Waals surface area contributed by atoms with Crippen molar-refractivity contribution < 1.29 is 0 Å². The van der Waals surface area contributed by atoms with Gasteiger partial charge in [0.25, 0.3) is 0 Å². The van der Waals surface area contributed by atoms with Crippen LogP contribution in [-0.4, -0.2) is 0 Å². The lowest BCUT2D eigenvalue weighted by atomic mass is 9.85. The maximum atomic E-state index is 3.31. The molecule has 0 aromatic heterocycles. The van der Waals surface area contributed by atoms with Gasteiger partial charge in [-0.1, -0.05) is 19.3 Å². The molecule has 0 spiro atoms. The molecule has 0 aromatic rings. The molecular formula is C11H18. The van der Waals surface area contributed by atoms with E-state index in [1.807, 2.05) is 13.0 Å². The van der Waals surface area contributed by atoms with E-state index < -0.39 is 0 Å². The fourth-order valence-corrected chi connectivity index (χ4v) is 1.88. The van der Waals surface area contributed by atoms with Gasteiger partial charge in [-0.05, 0) is 44.3 Å². The van der Waals surface area contributed by atoms with Crippen LogP contribution in [0.25, 0.3) is 0 Å². The van der Waals surface area contributed by atoms with Gasteiger partial charge in [-0.3, -0.25) is 0 Å². The van der Waals surface area contributed by atoms with Crippen molar-refractivity contribution in [3.05, 3.63) is 17.4 Å². The predicted molar refractivity (Wildman–Crippen MR) is 49.5 cm³/mol. The molecule has 1 saturated carbocycles. The van der Waals surface area contributed by atoms with E-state index in [9.17, 15) is 0 Å². The number of rotatable bonds is 1. The fourth-order valence-electron chi connectivity index (χ4n) is 1.88. The van der Waals surface area contributed by atoms with Gasteiger partial charge in [0.2, 0.25) is 0 Å². The molecule has 0 heterocycles. The smallest absolute Gasteiger partial charge is 0.0130 e. The Morgan fingerprint density at radius 1 is 1.27 bits per heavy atom. The molecule has 62 valence electrons. The summed E-state index contributed by atoms with van der Waals surface area (Å²) in [6.45, 7) is 4.27. The van der Waals surface area contributed by atoms with Crippen LogP contribution in [0.4, 0.5) is 0 Å². The summed E-state index contributed by atoms with van der Waals surface area (Å²) in [4.78, 5) is 0. The lowest BCUT2D eigenvalue weighted by molar-refractivity contribution is 0.403. The Balaban J connectivity index is 2.51. The average Bonchev–Trinajstić information content (AvgIpc) is 2.07. The molecule has 0 atom stereocenters. The first-order valence-electron chi connectivity index (χ1n) is 4.72. The highest BCUT2D eigenvalue weighted by Crippen LogP contribution is 2.28. The molecule has 0 amide bonds. The zero-order chi connectivity index (χ0) is 8.10. The monoisotopic (exact) mass is 150 g/mol. The van der Waals surface area contributed by atoms with Crippen LogP contribution in [0, 0.1) is 5.92 Å². The van der Waals surface area contributed by atoms with Crippen molar-refractivity contribution in [2.45, 2.75) is 46.0 Å². The first-order chi connectivity index (χ1) is 5.34. The van der Waals surface area contributed by atoms with Gasteiger partial charge in [-0.25, -0.2) is 0 Å². The van der Waals surface area contributed by atoms with Crippen LogP contribution in [-0.2, 0) is 0 Å². The van der Waals surface area contributed by atoms with E-state index in [2.05, 4.69) is 12.7 Å². The molecule has 0 heteroatoms. The van der Waals surface area contributed by atoms with Gasteiger partial charge in [0.1, 0.15) is 0 Å². The Morgan fingerprint density at radius 2 is 1.91 bits per heavy atom. The second-order valence-electron chi connectivity index (χ2n) is 3.45. The van der Waals surface area contributed by atoms with Crippen molar-refractivity contribution in [2.75, 3.05) is 0 Å².